The van der Waals surface area contributed by atoms with Crippen molar-refractivity contribution in [2.75, 3.05) is 18.5 Å². The summed E-state index contributed by atoms with van der Waals surface area (Å²) < 4.78 is 5.85. The predicted octanol–water partition coefficient (Wildman–Crippen LogP) is 3.48. The molecule has 0 aliphatic heterocycles. The number of ether oxygens (including phenoxy) is 1. The molecule has 1 fully saturated rings. The molecule has 4 heteroatoms. The quantitative estimate of drug-likeness (QED) is 0.852. The molecule has 3 rings (SSSR count). The fourth-order valence-corrected chi connectivity index (χ4v) is 2.87. The minimum atomic E-state index is 0.427. The van der Waals surface area contributed by atoms with Gasteiger partial charge in [0, 0.05) is 18.1 Å². The number of para-hydroxylation sites is 1. The Bertz CT molecular complexity index is 657. The summed E-state index contributed by atoms with van der Waals surface area (Å²) in [5.41, 5.74) is 2.34. The zero-order chi connectivity index (χ0) is 14.5. The molecule has 0 radical (unpaired) electrons. The van der Waals surface area contributed by atoms with Crippen LogP contribution in [0.2, 0.25) is 0 Å². The van der Waals surface area contributed by atoms with Gasteiger partial charge in [-0.05, 0) is 18.9 Å². The van der Waals surface area contributed by atoms with Crippen molar-refractivity contribution >= 4 is 16.6 Å². The number of nitrogens with zero attached hydrogens (tertiary/aromatic N) is 2. The van der Waals surface area contributed by atoms with Gasteiger partial charge < -0.3 is 10.1 Å². The molecule has 0 unspecified atom stereocenters. The van der Waals surface area contributed by atoms with Crippen molar-refractivity contribution < 1.29 is 4.74 Å². The highest BCUT2D eigenvalue weighted by Crippen LogP contribution is 2.25. The predicted molar refractivity (Wildman–Crippen MR) is 83.2 cm³/mol. The molecule has 108 valence electrons. The van der Waals surface area contributed by atoms with Crippen molar-refractivity contribution in [3.05, 3.63) is 36.0 Å². The molecule has 0 saturated heterocycles. The summed E-state index contributed by atoms with van der Waals surface area (Å²) in [6, 6.07) is 10.1. The van der Waals surface area contributed by atoms with E-state index in [0.717, 1.165) is 16.6 Å². The smallest absolute Gasteiger partial charge is 0.103 e. The lowest BCUT2D eigenvalue weighted by molar-refractivity contribution is 0.0659. The average molecular weight is 281 g/mol. The number of aromatic nitrogens is 1. The molecule has 4 nitrogen and oxygen atoms in total. The summed E-state index contributed by atoms with van der Waals surface area (Å²) in [4.78, 5) is 4.31. The van der Waals surface area contributed by atoms with E-state index in [1.165, 1.54) is 25.7 Å². The first kappa shape index (κ1) is 13.8. The third-order valence-corrected chi connectivity index (χ3v) is 3.96. The standard InChI is InChI=1S/C17H19N3O/c18-11-13-12-20-16-8-4-3-7-15(16)17(13)19-9-10-21-14-5-1-2-6-14/h3-4,7-8,12,14H,1-2,5-6,9-10H2,(H,19,20). The third kappa shape index (κ3) is 3.14. The number of anilines is 1. The normalized spacial score (nSPS) is 15.2. The summed E-state index contributed by atoms with van der Waals surface area (Å²) in [5.74, 6) is 0. The molecule has 1 saturated carbocycles. The van der Waals surface area contributed by atoms with Crippen LogP contribution in [0.25, 0.3) is 10.9 Å². The first-order valence-electron chi connectivity index (χ1n) is 7.52. The van der Waals surface area contributed by atoms with Gasteiger partial charge in [-0.1, -0.05) is 31.0 Å². The van der Waals surface area contributed by atoms with Crippen molar-refractivity contribution in [2.24, 2.45) is 0 Å². The van der Waals surface area contributed by atoms with Gasteiger partial charge in [-0.15, -0.1) is 0 Å². The highest BCUT2D eigenvalue weighted by atomic mass is 16.5. The summed E-state index contributed by atoms with van der Waals surface area (Å²) in [6.45, 7) is 1.38. The Morgan fingerprint density at radius 1 is 1.29 bits per heavy atom. The number of hydrogen-bond acceptors (Lipinski definition) is 4. The van der Waals surface area contributed by atoms with Crippen molar-refractivity contribution in [1.29, 1.82) is 5.26 Å². The van der Waals surface area contributed by atoms with Crippen LogP contribution in [0.15, 0.2) is 30.5 Å². The Morgan fingerprint density at radius 2 is 2.10 bits per heavy atom. The van der Waals surface area contributed by atoms with E-state index in [2.05, 4.69) is 16.4 Å². The van der Waals surface area contributed by atoms with Gasteiger partial charge >= 0.3 is 0 Å². The van der Waals surface area contributed by atoms with Crippen molar-refractivity contribution in [2.45, 2.75) is 31.8 Å². The second-order valence-electron chi connectivity index (χ2n) is 5.38. The van der Waals surface area contributed by atoms with Gasteiger partial charge in [0.15, 0.2) is 0 Å². The number of fused-ring (bicyclic) bond motifs is 1. The molecular formula is C17H19N3O. The SMILES string of the molecule is N#Cc1cnc2ccccc2c1NCCOC1CCCC1. The lowest BCUT2D eigenvalue weighted by atomic mass is 10.1. The van der Waals surface area contributed by atoms with Crippen LogP contribution in [-0.2, 0) is 4.74 Å². The monoisotopic (exact) mass is 281 g/mol. The van der Waals surface area contributed by atoms with E-state index in [4.69, 9.17) is 4.74 Å². The first-order chi connectivity index (χ1) is 10.4. The van der Waals surface area contributed by atoms with E-state index < -0.39 is 0 Å². The van der Waals surface area contributed by atoms with Crippen LogP contribution >= 0.6 is 0 Å². The molecular weight excluding hydrogens is 262 g/mol. The van der Waals surface area contributed by atoms with Crippen molar-refractivity contribution in [3.8, 4) is 6.07 Å². The summed E-state index contributed by atoms with van der Waals surface area (Å²) >= 11 is 0. The van der Waals surface area contributed by atoms with E-state index in [-0.39, 0.29) is 0 Å². The number of hydrogen-bond donors (Lipinski definition) is 1. The molecule has 0 bridgehead atoms. The van der Waals surface area contributed by atoms with E-state index in [0.29, 0.717) is 24.8 Å². The fraction of sp³-hybridized carbons (Fsp3) is 0.412. The van der Waals surface area contributed by atoms with Crippen LogP contribution in [0.3, 0.4) is 0 Å². The van der Waals surface area contributed by atoms with E-state index in [9.17, 15) is 5.26 Å². The van der Waals surface area contributed by atoms with Gasteiger partial charge in [-0.25, -0.2) is 0 Å². The Kier molecular flexibility index (Phi) is 4.32. The second kappa shape index (κ2) is 6.55. The maximum Gasteiger partial charge on any atom is 0.103 e. The topological polar surface area (TPSA) is 57.9 Å². The maximum atomic E-state index is 9.25. The molecule has 1 aromatic carbocycles. The molecule has 0 spiro atoms. The highest BCUT2D eigenvalue weighted by molar-refractivity contribution is 5.93. The molecule has 1 heterocycles. The molecule has 1 aliphatic carbocycles. The lowest BCUT2D eigenvalue weighted by Gasteiger charge is -2.14. The lowest BCUT2D eigenvalue weighted by Crippen LogP contribution is -2.16. The Morgan fingerprint density at radius 3 is 2.90 bits per heavy atom. The van der Waals surface area contributed by atoms with Crippen LogP contribution in [0.5, 0.6) is 0 Å². The molecule has 21 heavy (non-hydrogen) atoms. The zero-order valence-corrected chi connectivity index (χ0v) is 12.0. The van der Waals surface area contributed by atoms with Gasteiger partial charge in [-0.3, -0.25) is 4.98 Å². The van der Waals surface area contributed by atoms with Crippen LogP contribution < -0.4 is 5.32 Å². The minimum absolute atomic E-state index is 0.427. The molecule has 1 aromatic heterocycles. The number of benzene rings is 1. The third-order valence-electron chi connectivity index (χ3n) is 3.96. The minimum Gasteiger partial charge on any atom is -0.381 e. The van der Waals surface area contributed by atoms with Gasteiger partial charge in [0.2, 0.25) is 0 Å². The molecule has 2 aromatic rings. The zero-order valence-electron chi connectivity index (χ0n) is 12.0. The average Bonchev–Trinajstić information content (AvgIpc) is 3.04. The van der Waals surface area contributed by atoms with Gasteiger partial charge in [0.05, 0.1) is 29.5 Å². The van der Waals surface area contributed by atoms with E-state index >= 15 is 0 Å². The summed E-state index contributed by atoms with van der Waals surface area (Å²) in [7, 11) is 0. The summed E-state index contributed by atoms with van der Waals surface area (Å²) in [5, 5.41) is 13.6. The number of pyridine rings is 1. The molecule has 0 amide bonds. The number of nitriles is 1. The Labute approximate surface area is 124 Å². The number of rotatable bonds is 5. The Hall–Kier alpha value is -2.12. The van der Waals surface area contributed by atoms with Crippen molar-refractivity contribution in [1.82, 2.24) is 4.98 Å². The van der Waals surface area contributed by atoms with Crippen LogP contribution in [0.4, 0.5) is 5.69 Å². The van der Waals surface area contributed by atoms with Gasteiger partial charge in [0.1, 0.15) is 6.07 Å². The molecule has 1 aliphatic rings. The second-order valence-corrected chi connectivity index (χ2v) is 5.38. The van der Waals surface area contributed by atoms with Crippen LogP contribution in [0.1, 0.15) is 31.2 Å². The van der Waals surface area contributed by atoms with E-state index in [1.807, 2.05) is 24.3 Å². The largest absolute Gasteiger partial charge is 0.381 e. The van der Waals surface area contributed by atoms with Crippen LogP contribution in [-0.4, -0.2) is 24.2 Å². The summed E-state index contributed by atoms with van der Waals surface area (Å²) in [6.07, 6.45) is 6.99. The first-order valence-corrected chi connectivity index (χ1v) is 7.52. The van der Waals surface area contributed by atoms with Crippen LogP contribution in [0, 0.1) is 11.3 Å². The number of nitrogens with one attached hydrogen (secondary N) is 1. The Balaban J connectivity index is 1.68. The molecule has 1 N–H and O–H groups in total. The molecule has 0 atom stereocenters. The fourth-order valence-electron chi connectivity index (χ4n) is 2.87. The maximum absolute atomic E-state index is 9.25. The van der Waals surface area contributed by atoms with Gasteiger partial charge in [-0.2, -0.15) is 5.26 Å². The van der Waals surface area contributed by atoms with Crippen molar-refractivity contribution in [3.63, 3.8) is 0 Å². The highest BCUT2D eigenvalue weighted by Gasteiger charge is 2.15. The van der Waals surface area contributed by atoms with E-state index in [1.54, 1.807) is 6.20 Å². The van der Waals surface area contributed by atoms with Gasteiger partial charge in [0.25, 0.3) is 0 Å².